The number of hydrogen-bond acceptors (Lipinski definition) is 4. The molecule has 8 heteroatoms. The van der Waals surface area contributed by atoms with Crippen LogP contribution in [0.25, 0.3) is 0 Å². The number of aliphatic carboxylic acids is 1. The summed E-state index contributed by atoms with van der Waals surface area (Å²) in [6.45, 7) is 2.76. The van der Waals surface area contributed by atoms with Gasteiger partial charge in [0.05, 0.1) is 7.05 Å². The molecule has 1 rings (SSSR count). The van der Waals surface area contributed by atoms with E-state index >= 15 is 0 Å². The fourth-order valence-corrected chi connectivity index (χ4v) is 1.47. The number of carbonyl (C=O) groups is 2. The van der Waals surface area contributed by atoms with Gasteiger partial charge in [0.25, 0.3) is 5.91 Å². The number of carbonyl (C=O) groups excluding carboxylic acids is 1. The standard InChI is InChI=1S/C11H15N3O5/c1-11(2,10(16)17)13(4)9(15)7-5-6-8(12(7)3)14(18)19/h5-6H,1-4H3,(H,16,17). The number of carboxylic acid groups (broad SMARTS) is 1. The highest BCUT2D eigenvalue weighted by Crippen LogP contribution is 2.20. The summed E-state index contributed by atoms with van der Waals surface area (Å²) < 4.78 is 1.12. The maximum absolute atomic E-state index is 12.2. The van der Waals surface area contributed by atoms with Gasteiger partial charge in [-0.2, -0.15) is 0 Å². The molecule has 1 amide bonds. The van der Waals surface area contributed by atoms with E-state index in [1.54, 1.807) is 0 Å². The van der Waals surface area contributed by atoms with E-state index in [1.165, 1.54) is 40.1 Å². The lowest BCUT2D eigenvalue weighted by atomic mass is 10.0. The second-order valence-electron chi connectivity index (χ2n) is 4.62. The number of aromatic nitrogens is 1. The van der Waals surface area contributed by atoms with Crippen LogP contribution >= 0.6 is 0 Å². The molecule has 0 aliphatic rings. The van der Waals surface area contributed by atoms with E-state index in [0.29, 0.717) is 0 Å². The first-order valence-corrected chi connectivity index (χ1v) is 5.42. The van der Waals surface area contributed by atoms with E-state index in [4.69, 9.17) is 5.11 Å². The van der Waals surface area contributed by atoms with Crippen molar-refractivity contribution < 1.29 is 19.6 Å². The topological polar surface area (TPSA) is 106 Å². The van der Waals surface area contributed by atoms with Crippen LogP contribution in [-0.4, -0.2) is 44.0 Å². The Morgan fingerprint density at radius 1 is 1.42 bits per heavy atom. The van der Waals surface area contributed by atoms with Crippen LogP contribution in [0.5, 0.6) is 0 Å². The van der Waals surface area contributed by atoms with Crippen LogP contribution in [-0.2, 0) is 11.8 Å². The predicted octanol–water partition coefficient (Wildman–Crippen LogP) is 0.869. The molecule has 0 bridgehead atoms. The number of nitro groups is 1. The molecule has 0 fully saturated rings. The van der Waals surface area contributed by atoms with Gasteiger partial charge in [-0.05, 0) is 24.8 Å². The van der Waals surface area contributed by atoms with E-state index in [0.717, 1.165) is 9.47 Å². The van der Waals surface area contributed by atoms with Crippen LogP contribution in [0.1, 0.15) is 24.3 Å². The zero-order valence-corrected chi connectivity index (χ0v) is 11.1. The van der Waals surface area contributed by atoms with E-state index in [-0.39, 0.29) is 11.5 Å². The Balaban J connectivity index is 3.15. The molecule has 1 heterocycles. The van der Waals surface area contributed by atoms with Crippen LogP contribution in [0.15, 0.2) is 12.1 Å². The zero-order chi connectivity index (χ0) is 15.0. The molecule has 0 aliphatic heterocycles. The lowest BCUT2D eigenvalue weighted by molar-refractivity contribution is -0.391. The molecule has 1 aromatic rings. The Hall–Kier alpha value is -2.38. The molecule has 0 radical (unpaired) electrons. The molecule has 0 atom stereocenters. The number of hydrogen-bond donors (Lipinski definition) is 1. The van der Waals surface area contributed by atoms with E-state index in [2.05, 4.69) is 0 Å². The largest absolute Gasteiger partial charge is 0.480 e. The van der Waals surface area contributed by atoms with Gasteiger partial charge in [-0.15, -0.1) is 0 Å². The van der Waals surface area contributed by atoms with Crippen molar-refractivity contribution in [3.05, 3.63) is 27.9 Å². The highest BCUT2D eigenvalue weighted by molar-refractivity contribution is 5.96. The summed E-state index contributed by atoms with van der Waals surface area (Å²) in [7, 11) is 2.72. The average molecular weight is 269 g/mol. The van der Waals surface area contributed by atoms with Crippen LogP contribution in [0, 0.1) is 10.1 Å². The molecule has 0 spiro atoms. The second-order valence-corrected chi connectivity index (χ2v) is 4.62. The molecule has 104 valence electrons. The molecule has 1 aromatic heterocycles. The molecule has 0 unspecified atom stereocenters. The smallest absolute Gasteiger partial charge is 0.329 e. The van der Waals surface area contributed by atoms with Gasteiger partial charge in [0.15, 0.2) is 5.69 Å². The van der Waals surface area contributed by atoms with Crippen LogP contribution in [0.4, 0.5) is 5.82 Å². The van der Waals surface area contributed by atoms with Gasteiger partial charge < -0.3 is 20.1 Å². The quantitative estimate of drug-likeness (QED) is 0.644. The molecule has 19 heavy (non-hydrogen) atoms. The van der Waals surface area contributed by atoms with Crippen molar-refractivity contribution in [1.82, 2.24) is 9.47 Å². The highest BCUT2D eigenvalue weighted by Gasteiger charge is 2.37. The fourth-order valence-electron chi connectivity index (χ4n) is 1.47. The van der Waals surface area contributed by atoms with Gasteiger partial charge in [0, 0.05) is 13.1 Å². The number of rotatable bonds is 4. The summed E-state index contributed by atoms with van der Waals surface area (Å²) in [5.41, 5.74) is -1.35. The van der Waals surface area contributed by atoms with E-state index in [9.17, 15) is 19.7 Å². The normalized spacial score (nSPS) is 11.2. The van der Waals surface area contributed by atoms with Gasteiger partial charge in [0.1, 0.15) is 5.54 Å². The summed E-state index contributed by atoms with van der Waals surface area (Å²) in [4.78, 5) is 34.4. The van der Waals surface area contributed by atoms with Crippen molar-refractivity contribution >= 4 is 17.7 Å². The molecule has 0 aliphatic carbocycles. The summed E-state index contributed by atoms with van der Waals surface area (Å²) in [6, 6.07) is 2.50. The molecule has 0 saturated heterocycles. The van der Waals surface area contributed by atoms with Crippen molar-refractivity contribution in [2.24, 2.45) is 7.05 Å². The number of carboxylic acids is 1. The fraction of sp³-hybridized carbons (Fsp3) is 0.455. The Bertz CT molecular complexity index is 547. The minimum absolute atomic E-state index is 0.0588. The third-order valence-electron chi connectivity index (χ3n) is 3.17. The summed E-state index contributed by atoms with van der Waals surface area (Å²) >= 11 is 0. The first-order chi connectivity index (χ1) is 8.60. The number of amides is 1. The molecule has 8 nitrogen and oxygen atoms in total. The van der Waals surface area contributed by atoms with Crippen molar-refractivity contribution in [2.45, 2.75) is 19.4 Å². The van der Waals surface area contributed by atoms with Crippen molar-refractivity contribution in [2.75, 3.05) is 7.05 Å². The summed E-state index contributed by atoms with van der Waals surface area (Å²) in [5.74, 6) is -1.99. The van der Waals surface area contributed by atoms with Crippen molar-refractivity contribution in [1.29, 1.82) is 0 Å². The van der Waals surface area contributed by atoms with Crippen LogP contribution in [0.3, 0.4) is 0 Å². The number of nitrogens with zero attached hydrogens (tertiary/aromatic N) is 3. The first kappa shape index (κ1) is 14.7. The summed E-state index contributed by atoms with van der Waals surface area (Å²) in [5, 5.41) is 19.8. The van der Waals surface area contributed by atoms with Crippen molar-refractivity contribution in [3.63, 3.8) is 0 Å². The maximum Gasteiger partial charge on any atom is 0.329 e. The molecule has 0 aromatic carbocycles. The highest BCUT2D eigenvalue weighted by atomic mass is 16.6. The van der Waals surface area contributed by atoms with Gasteiger partial charge >= 0.3 is 11.8 Å². The minimum Gasteiger partial charge on any atom is -0.480 e. The van der Waals surface area contributed by atoms with Gasteiger partial charge in [-0.25, -0.2) is 9.36 Å². The van der Waals surface area contributed by atoms with Crippen LogP contribution < -0.4 is 0 Å². The van der Waals surface area contributed by atoms with Gasteiger partial charge in [0.2, 0.25) is 0 Å². The van der Waals surface area contributed by atoms with Crippen LogP contribution in [0.2, 0.25) is 0 Å². The molecule has 0 saturated carbocycles. The van der Waals surface area contributed by atoms with Crippen molar-refractivity contribution in [3.8, 4) is 0 Å². The Morgan fingerprint density at radius 2 is 1.95 bits per heavy atom. The molecular weight excluding hydrogens is 254 g/mol. The first-order valence-electron chi connectivity index (χ1n) is 5.42. The zero-order valence-electron chi connectivity index (χ0n) is 11.1. The third-order valence-corrected chi connectivity index (χ3v) is 3.17. The second kappa shape index (κ2) is 4.71. The number of likely N-dealkylation sites (N-methyl/N-ethyl adjacent to an activating group) is 1. The maximum atomic E-state index is 12.2. The molecular formula is C11H15N3O5. The third kappa shape index (κ3) is 2.42. The van der Waals surface area contributed by atoms with E-state index in [1.807, 2.05) is 0 Å². The SMILES string of the molecule is CN(C(=O)c1ccc([N+](=O)[O-])n1C)C(C)(C)C(=O)O. The molecule has 1 N–H and O–H groups in total. The Morgan fingerprint density at radius 3 is 2.32 bits per heavy atom. The van der Waals surface area contributed by atoms with Gasteiger partial charge in [-0.3, -0.25) is 4.79 Å². The lowest BCUT2D eigenvalue weighted by Crippen LogP contribution is -2.51. The average Bonchev–Trinajstić information content (AvgIpc) is 2.68. The monoisotopic (exact) mass is 269 g/mol. The van der Waals surface area contributed by atoms with Gasteiger partial charge in [-0.1, -0.05) is 0 Å². The Labute approximate surface area is 109 Å². The lowest BCUT2D eigenvalue weighted by Gasteiger charge is -2.30. The predicted molar refractivity (Wildman–Crippen MR) is 65.9 cm³/mol. The summed E-state index contributed by atoms with van der Waals surface area (Å²) in [6.07, 6.45) is 0. The minimum atomic E-state index is -1.41. The van der Waals surface area contributed by atoms with E-state index < -0.39 is 22.3 Å². The Kier molecular flexibility index (Phi) is 3.64.